The number of carbonyl (C=O) groups excluding carboxylic acids is 2. The number of likely N-dealkylation sites (N-methyl/N-ethyl adjacent to an activating group) is 1. The first kappa shape index (κ1) is 19.8. The Bertz CT molecular complexity index is 399. The second-order valence-corrected chi connectivity index (χ2v) is 6.76. The number of nitrogens with one attached hydrogen (secondary N) is 1. The third-order valence-electron chi connectivity index (χ3n) is 4.52. The Hall–Kier alpha value is -1.24. The van der Waals surface area contributed by atoms with E-state index in [9.17, 15) is 18.4 Å². The van der Waals surface area contributed by atoms with Gasteiger partial charge in [-0.2, -0.15) is 0 Å². The Morgan fingerprint density at radius 1 is 1.30 bits per heavy atom. The largest absolute Gasteiger partial charge is 0.366 e. The predicted molar refractivity (Wildman–Crippen MR) is 83.3 cm³/mol. The van der Waals surface area contributed by atoms with Crippen LogP contribution in [-0.2, 0) is 14.3 Å². The molecule has 0 aromatic heterocycles. The number of hydrogen-bond acceptors (Lipinski definition) is 3. The lowest BCUT2D eigenvalue weighted by molar-refractivity contribution is -0.138. The van der Waals surface area contributed by atoms with E-state index in [2.05, 4.69) is 17.0 Å². The third kappa shape index (κ3) is 7.24. The van der Waals surface area contributed by atoms with Crippen LogP contribution in [0.4, 0.5) is 8.78 Å². The maximum absolute atomic E-state index is 12.0. The maximum Gasteiger partial charge on any atom is 0.261 e. The normalized spacial score (nSPS) is 18.0. The van der Waals surface area contributed by atoms with Gasteiger partial charge in [-0.05, 0) is 25.2 Å². The fourth-order valence-electron chi connectivity index (χ4n) is 2.84. The standard InChI is InChI=1S/C16H28F2N2O3/c1-12(20(3)15(22)11-23-10-13(17)18)9-19-14(21)8-16(2)6-4-5-7-16/h12-13H,4-11H2,1-3H3,(H,19,21). The summed E-state index contributed by atoms with van der Waals surface area (Å²) in [6, 6.07) is -0.224. The third-order valence-corrected chi connectivity index (χ3v) is 4.52. The van der Waals surface area contributed by atoms with E-state index < -0.39 is 13.0 Å². The second kappa shape index (κ2) is 9.15. The van der Waals surface area contributed by atoms with Crippen molar-refractivity contribution in [2.45, 2.75) is 58.4 Å². The summed E-state index contributed by atoms with van der Waals surface area (Å²) in [5, 5.41) is 2.85. The Labute approximate surface area is 136 Å². The highest BCUT2D eigenvalue weighted by atomic mass is 19.3. The van der Waals surface area contributed by atoms with Crippen LogP contribution in [0.25, 0.3) is 0 Å². The number of carbonyl (C=O) groups is 2. The van der Waals surface area contributed by atoms with E-state index in [1.807, 2.05) is 0 Å². The van der Waals surface area contributed by atoms with Crippen LogP contribution in [0.2, 0.25) is 0 Å². The van der Waals surface area contributed by atoms with Crippen molar-refractivity contribution in [1.82, 2.24) is 10.2 Å². The van der Waals surface area contributed by atoms with Gasteiger partial charge in [0.05, 0.1) is 0 Å². The van der Waals surface area contributed by atoms with E-state index in [-0.39, 0.29) is 29.9 Å². The van der Waals surface area contributed by atoms with Crippen LogP contribution in [0.1, 0.15) is 46.0 Å². The average Bonchev–Trinajstić information content (AvgIpc) is 2.89. The van der Waals surface area contributed by atoms with Crippen LogP contribution in [-0.4, -0.2) is 56.0 Å². The molecule has 0 aromatic carbocycles. The number of amides is 2. The summed E-state index contributed by atoms with van der Waals surface area (Å²) in [5.74, 6) is -0.383. The zero-order valence-corrected chi connectivity index (χ0v) is 14.2. The molecule has 0 radical (unpaired) electrons. The van der Waals surface area contributed by atoms with Gasteiger partial charge in [0.1, 0.15) is 13.2 Å². The lowest BCUT2D eigenvalue weighted by Crippen LogP contribution is -2.45. The highest BCUT2D eigenvalue weighted by Gasteiger charge is 2.31. The van der Waals surface area contributed by atoms with Gasteiger partial charge in [0.2, 0.25) is 11.8 Å². The molecule has 1 aliphatic rings. The van der Waals surface area contributed by atoms with Crippen molar-refractivity contribution in [3.63, 3.8) is 0 Å². The van der Waals surface area contributed by atoms with Gasteiger partial charge in [0.15, 0.2) is 0 Å². The Morgan fingerprint density at radius 2 is 1.91 bits per heavy atom. The van der Waals surface area contributed by atoms with Gasteiger partial charge < -0.3 is 15.0 Å². The Balaban J connectivity index is 2.27. The Morgan fingerprint density at radius 3 is 2.48 bits per heavy atom. The van der Waals surface area contributed by atoms with Crippen molar-refractivity contribution in [3.8, 4) is 0 Å². The molecule has 1 atom stereocenters. The van der Waals surface area contributed by atoms with Crippen molar-refractivity contribution in [2.24, 2.45) is 5.41 Å². The maximum atomic E-state index is 12.0. The number of hydrogen-bond donors (Lipinski definition) is 1. The van der Waals surface area contributed by atoms with Gasteiger partial charge in [0.25, 0.3) is 6.43 Å². The molecule has 0 spiro atoms. The fraction of sp³-hybridized carbons (Fsp3) is 0.875. The first-order valence-electron chi connectivity index (χ1n) is 8.12. The predicted octanol–water partition coefficient (Wildman–Crippen LogP) is 2.20. The van der Waals surface area contributed by atoms with Gasteiger partial charge in [-0.15, -0.1) is 0 Å². The van der Waals surface area contributed by atoms with Crippen LogP contribution in [0.3, 0.4) is 0 Å². The lowest BCUT2D eigenvalue weighted by atomic mass is 9.85. The molecule has 5 nitrogen and oxygen atoms in total. The lowest BCUT2D eigenvalue weighted by Gasteiger charge is -2.27. The highest BCUT2D eigenvalue weighted by Crippen LogP contribution is 2.40. The van der Waals surface area contributed by atoms with E-state index in [0.29, 0.717) is 13.0 Å². The summed E-state index contributed by atoms with van der Waals surface area (Å²) in [4.78, 5) is 25.2. The molecule has 1 N–H and O–H groups in total. The van der Waals surface area contributed by atoms with E-state index in [0.717, 1.165) is 12.8 Å². The van der Waals surface area contributed by atoms with Crippen molar-refractivity contribution in [3.05, 3.63) is 0 Å². The molecule has 134 valence electrons. The molecular weight excluding hydrogens is 306 g/mol. The molecule has 1 rings (SSSR count). The number of halogens is 2. The van der Waals surface area contributed by atoms with Crippen LogP contribution in [0, 0.1) is 5.41 Å². The molecule has 0 heterocycles. The van der Waals surface area contributed by atoms with Crippen molar-refractivity contribution in [2.75, 3.05) is 26.8 Å². The number of nitrogens with zero attached hydrogens (tertiary/aromatic N) is 1. The van der Waals surface area contributed by atoms with E-state index >= 15 is 0 Å². The summed E-state index contributed by atoms with van der Waals surface area (Å²) in [5.41, 5.74) is 0.0954. The summed E-state index contributed by atoms with van der Waals surface area (Å²) >= 11 is 0. The summed E-state index contributed by atoms with van der Waals surface area (Å²) < 4.78 is 28.5. The van der Waals surface area contributed by atoms with Crippen LogP contribution in [0.5, 0.6) is 0 Å². The smallest absolute Gasteiger partial charge is 0.261 e. The van der Waals surface area contributed by atoms with E-state index in [4.69, 9.17) is 0 Å². The van der Waals surface area contributed by atoms with Crippen LogP contribution >= 0.6 is 0 Å². The number of alkyl halides is 2. The van der Waals surface area contributed by atoms with E-state index in [1.54, 1.807) is 14.0 Å². The fourth-order valence-corrected chi connectivity index (χ4v) is 2.84. The van der Waals surface area contributed by atoms with Gasteiger partial charge in [-0.25, -0.2) is 8.78 Å². The molecule has 0 aromatic rings. The van der Waals surface area contributed by atoms with Gasteiger partial charge in [-0.3, -0.25) is 9.59 Å². The summed E-state index contributed by atoms with van der Waals surface area (Å²) in [6.07, 6.45) is 2.44. The molecule has 0 aliphatic heterocycles. The van der Waals surface area contributed by atoms with Gasteiger partial charge >= 0.3 is 0 Å². The molecule has 2 amide bonds. The van der Waals surface area contributed by atoms with Crippen molar-refractivity contribution >= 4 is 11.8 Å². The molecule has 1 unspecified atom stereocenters. The van der Waals surface area contributed by atoms with Crippen molar-refractivity contribution in [1.29, 1.82) is 0 Å². The molecule has 0 saturated heterocycles. The molecule has 1 saturated carbocycles. The number of rotatable bonds is 9. The molecule has 0 bridgehead atoms. The second-order valence-electron chi connectivity index (χ2n) is 6.76. The van der Waals surface area contributed by atoms with Crippen molar-refractivity contribution < 1.29 is 23.1 Å². The molecule has 1 fully saturated rings. The summed E-state index contributed by atoms with van der Waals surface area (Å²) in [7, 11) is 1.57. The van der Waals surface area contributed by atoms with Crippen LogP contribution < -0.4 is 5.32 Å². The molecule has 1 aliphatic carbocycles. The number of ether oxygens (including phenoxy) is 1. The SMILES string of the molecule is CC(CNC(=O)CC1(C)CCCC1)N(C)C(=O)COCC(F)F. The van der Waals surface area contributed by atoms with E-state index in [1.165, 1.54) is 17.7 Å². The first-order valence-corrected chi connectivity index (χ1v) is 8.12. The zero-order valence-electron chi connectivity index (χ0n) is 14.2. The monoisotopic (exact) mass is 334 g/mol. The zero-order chi connectivity index (χ0) is 17.5. The quantitative estimate of drug-likeness (QED) is 0.703. The molecular formula is C16H28F2N2O3. The minimum Gasteiger partial charge on any atom is -0.366 e. The topological polar surface area (TPSA) is 58.6 Å². The summed E-state index contributed by atoms with van der Waals surface area (Å²) in [6.45, 7) is 3.15. The minimum absolute atomic E-state index is 0.00366. The highest BCUT2D eigenvalue weighted by molar-refractivity contribution is 5.78. The van der Waals surface area contributed by atoms with Gasteiger partial charge in [-0.1, -0.05) is 19.8 Å². The molecule has 23 heavy (non-hydrogen) atoms. The average molecular weight is 334 g/mol. The molecule has 7 heteroatoms. The Kier molecular flexibility index (Phi) is 7.88. The first-order chi connectivity index (χ1) is 10.7. The minimum atomic E-state index is -2.58. The van der Waals surface area contributed by atoms with Crippen LogP contribution in [0.15, 0.2) is 0 Å². The van der Waals surface area contributed by atoms with Gasteiger partial charge in [0, 0.05) is 26.1 Å².